The second-order valence-corrected chi connectivity index (χ2v) is 19.0. The van der Waals surface area contributed by atoms with Crippen LogP contribution in [0.2, 0.25) is 0 Å². The molecule has 2 atom stereocenters. The molecule has 17 heteroatoms. The number of hydrogen-bond donors (Lipinski definition) is 9. The number of anilines is 2. The highest BCUT2D eigenvalue weighted by atomic mass is 16.4. The molecule has 2 saturated carbocycles. The first-order valence-corrected chi connectivity index (χ1v) is 24.2. The number of nitrogens with zero attached hydrogens (tertiary/aromatic N) is 3. The normalized spacial score (nSPS) is 22.5. The minimum Gasteiger partial charge on any atom is -0.480 e. The molecule has 3 aliphatic heterocycles. The molecule has 17 nitrogen and oxygen atoms in total. The van der Waals surface area contributed by atoms with Gasteiger partial charge in [-0.15, -0.1) is 0 Å². The molecule has 3 fully saturated rings. The fraction of sp³-hybridized carbons (Fsp3) is 0.688. The number of aromatic nitrogens is 2. The largest absolute Gasteiger partial charge is 0.480 e. The van der Waals surface area contributed by atoms with Crippen LogP contribution < -0.4 is 26.6 Å². The van der Waals surface area contributed by atoms with Gasteiger partial charge in [0.25, 0.3) is 0 Å². The van der Waals surface area contributed by atoms with Crippen molar-refractivity contribution in [3.8, 4) is 0 Å². The van der Waals surface area contributed by atoms with Crippen LogP contribution in [-0.4, -0.2) is 127 Å². The number of carboxylic acid groups (broad SMARTS) is 2. The molecule has 5 aliphatic rings. The van der Waals surface area contributed by atoms with E-state index >= 15 is 0 Å². The summed E-state index contributed by atoms with van der Waals surface area (Å²) in [6.45, 7) is 5.42. The maximum absolute atomic E-state index is 12.5. The molecular weight excluding hydrogens is 833 g/mol. The van der Waals surface area contributed by atoms with Gasteiger partial charge >= 0.3 is 11.9 Å². The topological polar surface area (TPSA) is 255 Å². The summed E-state index contributed by atoms with van der Waals surface area (Å²) in [6.07, 6.45) is 16.2. The molecule has 2 aliphatic carbocycles. The predicted molar refractivity (Wildman–Crippen MR) is 245 cm³/mol. The Balaban J connectivity index is 0.000000216. The fourth-order valence-corrected chi connectivity index (χ4v) is 10.1. The Hall–Kier alpha value is -4.87. The van der Waals surface area contributed by atoms with Crippen molar-refractivity contribution in [3.63, 3.8) is 0 Å². The Kier molecular flexibility index (Phi) is 17.9. The Bertz CT molecular complexity index is 1940. The van der Waals surface area contributed by atoms with E-state index in [-0.39, 0.29) is 36.6 Å². The molecule has 5 heterocycles. The first kappa shape index (κ1) is 49.6. The summed E-state index contributed by atoms with van der Waals surface area (Å²) < 4.78 is 0. The van der Waals surface area contributed by atoms with Gasteiger partial charge in [-0.25, -0.2) is 19.6 Å². The number of hydrogen-bond acceptors (Lipinski definition) is 12. The molecule has 65 heavy (non-hydrogen) atoms. The molecule has 0 radical (unpaired) electrons. The lowest BCUT2D eigenvalue weighted by molar-refractivity contribution is -0.154. The Morgan fingerprint density at radius 1 is 0.708 bits per heavy atom. The number of carbonyl (C=O) groups is 5. The number of carboxylic acids is 2. The molecule has 3 amide bonds. The van der Waals surface area contributed by atoms with Gasteiger partial charge in [-0.2, -0.15) is 0 Å². The molecule has 2 aromatic rings. The zero-order valence-corrected chi connectivity index (χ0v) is 38.2. The summed E-state index contributed by atoms with van der Waals surface area (Å²) in [6, 6.07) is 5.81. The second kappa shape index (κ2) is 23.5. The van der Waals surface area contributed by atoms with E-state index in [2.05, 4.69) is 54.7 Å². The monoisotopic (exact) mass is 905 g/mol. The number of aliphatic hydroxyl groups is 2. The highest BCUT2D eigenvalue weighted by Gasteiger charge is 2.46. The minimum atomic E-state index is -1.51. The van der Waals surface area contributed by atoms with Gasteiger partial charge in [0.05, 0.1) is 11.2 Å². The molecule has 0 bridgehead atoms. The number of likely N-dealkylation sites (tertiary alicyclic amines) is 1. The molecule has 0 aromatic carbocycles. The number of carbonyl (C=O) groups excluding carboxylic acids is 3. The summed E-state index contributed by atoms with van der Waals surface area (Å²) in [7, 11) is 0. The number of aliphatic carboxylic acids is 2. The van der Waals surface area contributed by atoms with E-state index in [9.17, 15) is 44.4 Å². The lowest BCUT2D eigenvalue weighted by Crippen LogP contribution is -2.61. The smallest absolute Gasteiger partial charge is 0.329 e. The summed E-state index contributed by atoms with van der Waals surface area (Å²) in [5.41, 5.74) is 1.79. The number of piperidine rings is 1. The van der Waals surface area contributed by atoms with Crippen molar-refractivity contribution >= 4 is 41.3 Å². The molecule has 7 rings (SSSR count). The van der Waals surface area contributed by atoms with Gasteiger partial charge < -0.3 is 51.9 Å². The molecule has 2 unspecified atom stereocenters. The van der Waals surface area contributed by atoms with E-state index in [4.69, 9.17) is 4.98 Å². The van der Waals surface area contributed by atoms with Gasteiger partial charge in [-0.3, -0.25) is 14.4 Å². The number of fused-ring (bicyclic) bond motifs is 2. The molecular formula is C48H72N8O9. The Morgan fingerprint density at radius 2 is 1.25 bits per heavy atom. The minimum absolute atomic E-state index is 0.0526. The zero-order chi connectivity index (χ0) is 46.4. The maximum Gasteiger partial charge on any atom is 0.329 e. The quantitative estimate of drug-likeness (QED) is 0.0964. The summed E-state index contributed by atoms with van der Waals surface area (Å²) in [5, 5.41) is 55.6. The van der Waals surface area contributed by atoms with Gasteiger partial charge in [0.1, 0.15) is 11.6 Å². The van der Waals surface area contributed by atoms with Crippen LogP contribution in [0.4, 0.5) is 11.6 Å². The third-order valence-corrected chi connectivity index (χ3v) is 14.0. The van der Waals surface area contributed by atoms with Crippen LogP contribution in [0, 0.1) is 5.92 Å². The lowest BCUT2D eigenvalue weighted by atomic mass is 9.77. The zero-order valence-electron chi connectivity index (χ0n) is 38.2. The van der Waals surface area contributed by atoms with Crippen molar-refractivity contribution in [3.05, 3.63) is 46.8 Å². The van der Waals surface area contributed by atoms with Gasteiger partial charge in [0.15, 0.2) is 12.1 Å². The summed E-state index contributed by atoms with van der Waals surface area (Å²) >= 11 is 0. The number of pyridine rings is 2. The first-order chi connectivity index (χ1) is 31.2. The second-order valence-electron chi connectivity index (χ2n) is 19.0. The van der Waals surface area contributed by atoms with Crippen LogP contribution in [0.1, 0.15) is 139 Å². The van der Waals surface area contributed by atoms with Crippen molar-refractivity contribution in [2.24, 2.45) is 5.92 Å². The molecule has 2 aromatic heterocycles. The highest BCUT2D eigenvalue weighted by Crippen LogP contribution is 2.33. The average Bonchev–Trinajstić information content (AvgIpc) is 3.84. The number of amides is 3. The van der Waals surface area contributed by atoms with Gasteiger partial charge in [0.2, 0.25) is 17.7 Å². The maximum atomic E-state index is 12.5. The fourth-order valence-electron chi connectivity index (χ4n) is 10.1. The number of unbranched alkanes of at least 4 members (excludes halogenated alkanes) is 2. The van der Waals surface area contributed by atoms with Gasteiger partial charge in [-0.05, 0) is 139 Å². The number of aryl methyl sites for hydroxylation is 4. The summed E-state index contributed by atoms with van der Waals surface area (Å²) in [5.74, 6) is -1.27. The third-order valence-electron chi connectivity index (χ3n) is 14.0. The van der Waals surface area contributed by atoms with Crippen LogP contribution in [0.15, 0.2) is 24.3 Å². The first-order valence-electron chi connectivity index (χ1n) is 24.2. The van der Waals surface area contributed by atoms with E-state index in [1.54, 1.807) is 0 Å². The van der Waals surface area contributed by atoms with E-state index in [1.807, 2.05) is 6.07 Å². The Morgan fingerprint density at radius 3 is 1.80 bits per heavy atom. The molecule has 358 valence electrons. The van der Waals surface area contributed by atoms with Crippen LogP contribution in [-0.2, 0) is 49.7 Å². The van der Waals surface area contributed by atoms with Crippen LogP contribution >= 0.6 is 0 Å². The van der Waals surface area contributed by atoms with Crippen molar-refractivity contribution in [1.29, 1.82) is 0 Å². The van der Waals surface area contributed by atoms with Gasteiger partial charge in [-0.1, -0.05) is 31.4 Å². The third kappa shape index (κ3) is 14.3. The van der Waals surface area contributed by atoms with Crippen LogP contribution in [0.25, 0.3) is 0 Å². The van der Waals surface area contributed by atoms with E-state index in [1.165, 1.54) is 24.5 Å². The highest BCUT2D eigenvalue weighted by molar-refractivity contribution is 5.86. The standard InChI is InChI=1S/C26H40N4O4.C22H32N4O5/c31-24(20-7-3-4-8-20)29-22(25(32)33)26(34)13-17-30(18-14-26)16-5-1-2-10-21-12-11-19-9-6-15-27-23(19)28-21;1-14(27)24-19(21(29)30)22(31)11-9-17(10-12-22)25-18(28)6-2-5-16-8-7-15-4-3-13-23-20(15)26-16/h11-12,20,22,34H,1-10,13-18H2,(H,27,28)(H,29,31)(H,32,33);7-8,17,19,31H,2-6,9-13H2,1H3,(H,23,26)(H,24,27)(H,25,28)(H,29,30). The van der Waals surface area contributed by atoms with Crippen molar-refractivity contribution in [2.75, 3.05) is 43.4 Å². The number of rotatable bonds is 18. The van der Waals surface area contributed by atoms with Crippen molar-refractivity contribution in [2.45, 2.75) is 171 Å². The van der Waals surface area contributed by atoms with E-state index < -0.39 is 41.1 Å². The SMILES string of the molecule is CC(=O)NC(C(=O)O)C1(O)CCC(NC(=O)CCCc2ccc3c(n2)NCCC3)CC1.O=C(NC(C(=O)O)C1(O)CCN(CCCCCc2ccc3c(n2)NCCC3)CC1)C1CCCC1. The molecule has 0 spiro atoms. The average molecular weight is 905 g/mol. The van der Waals surface area contributed by atoms with Crippen LogP contribution in [0.5, 0.6) is 0 Å². The summed E-state index contributed by atoms with van der Waals surface area (Å²) in [4.78, 5) is 71.1. The van der Waals surface area contributed by atoms with Crippen LogP contribution in [0.3, 0.4) is 0 Å². The lowest BCUT2D eigenvalue weighted by Gasteiger charge is -2.41. The van der Waals surface area contributed by atoms with Crippen molar-refractivity contribution in [1.82, 2.24) is 30.8 Å². The Labute approximate surface area is 382 Å². The molecule has 9 N–H and O–H groups in total. The molecule has 1 saturated heterocycles. The van der Waals surface area contributed by atoms with Gasteiger partial charge in [0, 0.05) is 62.9 Å². The predicted octanol–water partition coefficient (Wildman–Crippen LogP) is 3.88. The van der Waals surface area contributed by atoms with E-state index in [0.29, 0.717) is 51.6 Å². The van der Waals surface area contributed by atoms with Crippen molar-refractivity contribution < 1.29 is 44.4 Å². The van der Waals surface area contributed by atoms with E-state index in [0.717, 1.165) is 120 Å². The number of nitrogens with one attached hydrogen (secondary N) is 5.